The van der Waals surface area contributed by atoms with Crippen molar-refractivity contribution in [3.8, 4) is 17.1 Å². The van der Waals surface area contributed by atoms with Gasteiger partial charge in [0.15, 0.2) is 5.58 Å². The van der Waals surface area contributed by atoms with Gasteiger partial charge in [0.25, 0.3) is 0 Å². The van der Waals surface area contributed by atoms with Gasteiger partial charge in [-0.1, -0.05) is 78.9 Å². The predicted molar refractivity (Wildman–Crippen MR) is 182 cm³/mol. The summed E-state index contributed by atoms with van der Waals surface area (Å²) in [5.41, 5.74) is 6.21. The molecule has 0 saturated heterocycles. The molecule has 10 aromatic rings. The number of thiophene rings is 1. The molecule has 7 aromatic carbocycles. The van der Waals surface area contributed by atoms with E-state index in [1.165, 1.54) is 52.6 Å². The fourth-order valence-corrected chi connectivity index (χ4v) is 7.94. The van der Waals surface area contributed by atoms with Gasteiger partial charge in [-0.3, -0.25) is 0 Å². The van der Waals surface area contributed by atoms with Crippen LogP contribution in [0.5, 0.6) is 0 Å². The summed E-state index contributed by atoms with van der Waals surface area (Å²) in [7, 11) is 0. The molecule has 10 rings (SSSR count). The largest absolute Gasteiger partial charge is 0.435 e. The van der Waals surface area contributed by atoms with E-state index in [-0.39, 0.29) is 0 Å². The number of fused-ring (bicyclic) bond motifs is 11. The van der Waals surface area contributed by atoms with Gasteiger partial charge in [-0.25, -0.2) is 4.98 Å². The molecule has 3 heterocycles. The van der Waals surface area contributed by atoms with Gasteiger partial charge in [-0.05, 0) is 76.1 Å². The molecule has 200 valence electrons. The molecular weight excluding hydrogens is 545 g/mol. The highest BCUT2D eigenvalue weighted by Crippen LogP contribution is 2.42. The smallest absolute Gasteiger partial charge is 0.227 e. The van der Waals surface area contributed by atoms with Gasteiger partial charge in [-0.2, -0.15) is 0 Å². The lowest BCUT2D eigenvalue weighted by Gasteiger charge is -2.10. The van der Waals surface area contributed by atoms with Crippen LogP contribution in [0.4, 0.5) is 0 Å². The van der Waals surface area contributed by atoms with Crippen LogP contribution in [0.15, 0.2) is 138 Å². The molecule has 0 aliphatic rings. The number of hydrogen-bond acceptors (Lipinski definition) is 3. The number of benzene rings is 7. The first kappa shape index (κ1) is 23.1. The minimum Gasteiger partial charge on any atom is -0.435 e. The van der Waals surface area contributed by atoms with Crippen LogP contribution in [0, 0.1) is 0 Å². The zero-order chi connectivity index (χ0) is 28.1. The summed E-state index contributed by atoms with van der Waals surface area (Å²) in [5.74, 6) is 0.645. The second kappa shape index (κ2) is 8.54. The third-order valence-electron chi connectivity index (χ3n) is 8.79. The van der Waals surface area contributed by atoms with Crippen LogP contribution >= 0.6 is 11.3 Å². The van der Waals surface area contributed by atoms with E-state index < -0.39 is 0 Å². The molecule has 43 heavy (non-hydrogen) atoms. The lowest BCUT2D eigenvalue weighted by atomic mass is 10.0. The minimum atomic E-state index is 0.645. The van der Waals surface area contributed by atoms with Gasteiger partial charge >= 0.3 is 0 Å². The van der Waals surface area contributed by atoms with Gasteiger partial charge in [0.05, 0.1) is 11.0 Å². The third kappa shape index (κ3) is 3.27. The first-order valence-corrected chi connectivity index (χ1v) is 15.3. The Morgan fingerprint density at radius 2 is 1.30 bits per heavy atom. The molecule has 0 aliphatic heterocycles. The highest BCUT2D eigenvalue weighted by molar-refractivity contribution is 7.26. The Kier molecular flexibility index (Phi) is 4.60. The van der Waals surface area contributed by atoms with E-state index in [1.807, 2.05) is 0 Å². The predicted octanol–water partition coefficient (Wildman–Crippen LogP) is 11.3. The molecular formula is C39H22N2OS. The second-order valence-electron chi connectivity index (χ2n) is 11.2. The Bertz CT molecular complexity index is 2740. The number of oxazole rings is 1. The van der Waals surface area contributed by atoms with Gasteiger partial charge < -0.3 is 8.98 Å². The maximum absolute atomic E-state index is 6.61. The van der Waals surface area contributed by atoms with E-state index in [4.69, 9.17) is 9.40 Å². The maximum atomic E-state index is 6.61. The van der Waals surface area contributed by atoms with Crippen molar-refractivity contribution in [3.05, 3.63) is 133 Å². The normalized spacial score (nSPS) is 12.2. The standard InChI is InChI=1S/C39H22N2OS/c1-2-9-25-21-27(16-13-23(25)7-1)41-32-18-15-26(22-30(32)36-28-10-4-3-8-24(28)14-19-33(36)41)39-40-31-17-20-35-37(38(31)42-39)29-11-5-6-12-34(29)43-35/h1-22H. The molecule has 0 N–H and O–H groups in total. The Morgan fingerprint density at radius 3 is 2.23 bits per heavy atom. The zero-order valence-electron chi connectivity index (χ0n) is 22.9. The van der Waals surface area contributed by atoms with Crippen molar-refractivity contribution in [1.29, 1.82) is 0 Å². The lowest BCUT2D eigenvalue weighted by Crippen LogP contribution is -1.94. The third-order valence-corrected chi connectivity index (χ3v) is 9.92. The minimum absolute atomic E-state index is 0.645. The summed E-state index contributed by atoms with van der Waals surface area (Å²) >= 11 is 1.80. The fourth-order valence-electron chi connectivity index (χ4n) is 6.84. The van der Waals surface area contributed by atoms with Crippen molar-refractivity contribution in [2.75, 3.05) is 0 Å². The first-order chi connectivity index (χ1) is 21.3. The summed E-state index contributed by atoms with van der Waals surface area (Å²) in [6, 6.07) is 47.8. The molecule has 0 atom stereocenters. The van der Waals surface area contributed by atoms with Crippen LogP contribution in [0.1, 0.15) is 0 Å². The highest BCUT2D eigenvalue weighted by atomic mass is 32.1. The van der Waals surface area contributed by atoms with Crippen LogP contribution in [0.3, 0.4) is 0 Å². The van der Waals surface area contributed by atoms with E-state index in [0.29, 0.717) is 5.89 Å². The van der Waals surface area contributed by atoms with E-state index in [2.05, 4.69) is 138 Å². The molecule has 3 nitrogen and oxygen atoms in total. The van der Waals surface area contributed by atoms with Gasteiger partial charge in [0.2, 0.25) is 5.89 Å². The molecule has 0 unspecified atom stereocenters. The summed E-state index contributed by atoms with van der Waals surface area (Å²) in [4.78, 5) is 5.00. The fraction of sp³-hybridized carbons (Fsp3) is 0. The van der Waals surface area contributed by atoms with Crippen LogP contribution in [-0.2, 0) is 0 Å². The average molecular weight is 567 g/mol. The van der Waals surface area contributed by atoms with E-state index in [1.54, 1.807) is 11.3 Å². The van der Waals surface area contributed by atoms with Crippen LogP contribution < -0.4 is 0 Å². The molecule has 0 radical (unpaired) electrons. The van der Waals surface area contributed by atoms with E-state index >= 15 is 0 Å². The highest BCUT2D eigenvalue weighted by Gasteiger charge is 2.19. The van der Waals surface area contributed by atoms with Gasteiger partial charge in [0.1, 0.15) is 5.52 Å². The number of rotatable bonds is 2. The van der Waals surface area contributed by atoms with Crippen molar-refractivity contribution >= 4 is 86.0 Å². The summed E-state index contributed by atoms with van der Waals surface area (Å²) in [6.45, 7) is 0. The number of hydrogen-bond donors (Lipinski definition) is 0. The number of aromatic nitrogens is 2. The van der Waals surface area contributed by atoms with Crippen LogP contribution in [0.25, 0.3) is 91.8 Å². The number of nitrogens with zero attached hydrogens (tertiary/aromatic N) is 2. The Balaban J connectivity index is 1.26. The second-order valence-corrected chi connectivity index (χ2v) is 12.3. The molecule has 0 spiro atoms. The Hall–Kier alpha value is -5.45. The topological polar surface area (TPSA) is 31.0 Å². The molecule has 3 aromatic heterocycles. The van der Waals surface area contributed by atoms with Crippen molar-refractivity contribution in [2.45, 2.75) is 0 Å². The summed E-state index contributed by atoms with van der Waals surface area (Å²) in [6.07, 6.45) is 0. The molecule has 0 amide bonds. The first-order valence-electron chi connectivity index (χ1n) is 14.5. The summed E-state index contributed by atoms with van der Waals surface area (Å²) < 4.78 is 11.5. The summed E-state index contributed by atoms with van der Waals surface area (Å²) in [5, 5.41) is 9.73. The Labute approximate surface area is 249 Å². The molecule has 4 heteroatoms. The monoisotopic (exact) mass is 566 g/mol. The molecule has 0 fully saturated rings. The average Bonchev–Trinajstić information content (AvgIpc) is 3.75. The lowest BCUT2D eigenvalue weighted by molar-refractivity contribution is 0.623. The maximum Gasteiger partial charge on any atom is 0.227 e. The van der Waals surface area contributed by atoms with Crippen LogP contribution in [-0.4, -0.2) is 9.55 Å². The molecule has 0 saturated carbocycles. The Morgan fingerprint density at radius 1 is 0.535 bits per heavy atom. The van der Waals surface area contributed by atoms with E-state index in [9.17, 15) is 0 Å². The van der Waals surface area contributed by atoms with Gasteiger partial charge in [0, 0.05) is 42.2 Å². The van der Waals surface area contributed by atoms with Crippen molar-refractivity contribution in [1.82, 2.24) is 9.55 Å². The molecule has 0 bridgehead atoms. The van der Waals surface area contributed by atoms with Crippen molar-refractivity contribution in [2.24, 2.45) is 0 Å². The quantitative estimate of drug-likeness (QED) is 0.208. The zero-order valence-corrected chi connectivity index (χ0v) is 23.7. The molecule has 0 aliphatic carbocycles. The van der Waals surface area contributed by atoms with Crippen molar-refractivity contribution in [3.63, 3.8) is 0 Å². The van der Waals surface area contributed by atoms with Gasteiger partial charge in [-0.15, -0.1) is 11.3 Å². The van der Waals surface area contributed by atoms with E-state index in [0.717, 1.165) is 33.3 Å². The van der Waals surface area contributed by atoms with Crippen LogP contribution in [0.2, 0.25) is 0 Å². The SMILES string of the molecule is c1ccc2cc(-n3c4ccc(-c5nc6ccc7sc8ccccc8c7c6o5)cc4c4c5ccccc5ccc43)ccc2c1. The van der Waals surface area contributed by atoms with Crippen molar-refractivity contribution < 1.29 is 4.42 Å².